The number of hydrogen-bond acceptors (Lipinski definition) is 0. The molecule has 6 heavy (non-hydrogen) atoms. The van der Waals surface area contributed by atoms with Gasteiger partial charge in [-0.1, -0.05) is 0 Å². The Kier molecular flexibility index (Phi) is 15.4. The molecule has 0 saturated carbocycles. The van der Waals surface area contributed by atoms with Crippen LogP contribution in [-0.4, -0.2) is 15.8 Å². The molecule has 0 unspecified atom stereocenters. The van der Waals surface area contributed by atoms with Gasteiger partial charge in [-0.25, -0.2) is 0 Å². The molecule has 0 saturated heterocycles. The van der Waals surface area contributed by atoms with E-state index in [-0.39, 0.29) is 12.4 Å². The quantitative estimate of drug-likeness (QED) is 0.554. The Morgan fingerprint density at radius 1 is 1.17 bits per heavy atom. The van der Waals surface area contributed by atoms with Crippen molar-refractivity contribution in [2.24, 2.45) is 0 Å². The van der Waals surface area contributed by atoms with Crippen LogP contribution in [0.3, 0.4) is 0 Å². The first kappa shape index (κ1) is 9.96. The molecule has 0 fully saturated rings. The van der Waals surface area contributed by atoms with Crippen LogP contribution in [0, 0.1) is 0 Å². The summed E-state index contributed by atoms with van der Waals surface area (Å²) in [5.74, 6) is 0. The third-order valence-corrected chi connectivity index (χ3v) is 2.60. The van der Waals surface area contributed by atoms with E-state index in [0.717, 1.165) is 0 Å². The van der Waals surface area contributed by atoms with Gasteiger partial charge in [0, 0.05) is 0 Å². The fraction of sp³-hybridized carbons (Fsp3) is 1.00. The normalized spacial score (nSPS) is 7.00. The van der Waals surface area contributed by atoms with E-state index >= 15 is 0 Å². The molecule has 0 spiro atoms. The van der Waals surface area contributed by atoms with E-state index in [4.69, 9.17) is 0 Å². The van der Waals surface area contributed by atoms with Gasteiger partial charge in [-0.3, -0.25) is 0 Å². The molecule has 0 aromatic heterocycles. The summed E-state index contributed by atoms with van der Waals surface area (Å²) >= 11 is 0.528. The topological polar surface area (TPSA) is 0 Å². The molecule has 40 valence electrons. The van der Waals surface area contributed by atoms with Crippen molar-refractivity contribution < 1.29 is 0 Å². The first-order valence-electron chi connectivity index (χ1n) is 2.12. The van der Waals surface area contributed by atoms with Crippen molar-refractivity contribution in [2.75, 3.05) is 0 Å². The maximum Gasteiger partial charge on any atom is -0.147 e. The van der Waals surface area contributed by atoms with Gasteiger partial charge in [-0.2, -0.15) is 0 Å². The molecule has 0 N–H and O–H groups in total. The first-order valence-corrected chi connectivity index (χ1v) is 5.09. The van der Waals surface area contributed by atoms with Crippen LogP contribution in [0.25, 0.3) is 0 Å². The summed E-state index contributed by atoms with van der Waals surface area (Å²) in [7, 11) is 0. The maximum atomic E-state index is 2.27. The molecule has 0 aliphatic heterocycles. The Morgan fingerprint density at radius 2 is 1.50 bits per heavy atom. The van der Waals surface area contributed by atoms with Crippen molar-refractivity contribution in [3.63, 3.8) is 0 Å². The van der Waals surface area contributed by atoms with E-state index in [2.05, 4.69) is 13.8 Å². The first-order chi connectivity index (χ1) is 2.41. The van der Waals surface area contributed by atoms with Crippen molar-refractivity contribution in [2.45, 2.75) is 24.3 Å². The molecule has 0 heterocycles. The average Bonchev–Trinajstić information content (AvgIpc) is 1.41. The van der Waals surface area contributed by atoms with Crippen molar-refractivity contribution in [3.05, 3.63) is 0 Å². The van der Waals surface area contributed by atoms with Crippen LogP contribution in [0.1, 0.15) is 13.8 Å². The Balaban J connectivity index is 0. The summed E-state index contributed by atoms with van der Waals surface area (Å²) in [6.45, 7) is 4.53. The monoisotopic (exact) mass is 170 g/mol. The molecule has 0 amide bonds. The van der Waals surface area contributed by atoms with Gasteiger partial charge in [-0.05, 0) is 0 Å². The molecule has 0 rings (SSSR count). The minimum Gasteiger partial charge on any atom is -0.147 e. The summed E-state index contributed by atoms with van der Waals surface area (Å²) in [5.41, 5.74) is 0. The predicted octanol–water partition coefficient (Wildman–Crippen LogP) is 1.72. The van der Waals surface area contributed by atoms with Gasteiger partial charge in [0.05, 0.1) is 0 Å². The molecule has 0 aliphatic carbocycles. The van der Waals surface area contributed by atoms with Crippen LogP contribution in [0.4, 0.5) is 0 Å². The Labute approximate surface area is 52.8 Å². The van der Waals surface area contributed by atoms with Crippen LogP contribution in [0.15, 0.2) is 0 Å². The fourth-order valence-electron chi connectivity index (χ4n) is 0.250. The molecule has 0 aromatic rings. The summed E-state index contributed by atoms with van der Waals surface area (Å²) in [4.78, 5) is 0. The van der Waals surface area contributed by atoms with Crippen molar-refractivity contribution in [3.8, 4) is 0 Å². The molecular formula is C4H12AsCl. The molecule has 0 aliphatic rings. The minimum absolute atomic E-state index is 0. The Bertz CT molecular complexity index is 15.0. The predicted molar refractivity (Wildman–Crippen MR) is 35.4 cm³/mol. The zero-order valence-electron chi connectivity index (χ0n) is 4.32. The summed E-state index contributed by atoms with van der Waals surface area (Å²) in [6, 6.07) is 0. The van der Waals surface area contributed by atoms with Gasteiger partial charge < -0.3 is 0 Å². The zero-order chi connectivity index (χ0) is 4.12. The van der Waals surface area contributed by atoms with Crippen LogP contribution < -0.4 is 0 Å². The van der Waals surface area contributed by atoms with E-state index in [1.165, 1.54) is 10.4 Å². The smallest absolute Gasteiger partial charge is 0.147 e. The third kappa shape index (κ3) is 8.85. The van der Waals surface area contributed by atoms with Crippen LogP contribution in [-0.2, 0) is 0 Å². The Hall–Kier alpha value is 0.848. The Morgan fingerprint density at radius 3 is 1.50 bits per heavy atom. The van der Waals surface area contributed by atoms with Gasteiger partial charge in [-0.15, -0.1) is 12.4 Å². The van der Waals surface area contributed by atoms with Gasteiger partial charge >= 0.3 is 40.0 Å². The second-order valence-electron chi connectivity index (χ2n) is 0.957. The van der Waals surface area contributed by atoms with Gasteiger partial charge in [0.2, 0.25) is 0 Å². The number of rotatable bonds is 2. The van der Waals surface area contributed by atoms with E-state index in [1.54, 1.807) is 0 Å². The van der Waals surface area contributed by atoms with Crippen molar-refractivity contribution in [1.82, 2.24) is 0 Å². The standard InChI is InChI=1S/C4H11As.ClH/c1-3-5-4-2;/h5H,3-4H2,1-2H3;1H. The van der Waals surface area contributed by atoms with E-state index in [9.17, 15) is 0 Å². The molecular weight excluding hydrogens is 158 g/mol. The van der Waals surface area contributed by atoms with Gasteiger partial charge in [0.25, 0.3) is 0 Å². The summed E-state index contributed by atoms with van der Waals surface area (Å²) in [5, 5.41) is 2.94. The average molecular weight is 171 g/mol. The fourth-order valence-corrected chi connectivity index (χ4v) is 1.30. The van der Waals surface area contributed by atoms with Gasteiger partial charge in [0.15, 0.2) is 0 Å². The van der Waals surface area contributed by atoms with Crippen LogP contribution >= 0.6 is 12.4 Å². The van der Waals surface area contributed by atoms with Crippen molar-refractivity contribution >= 4 is 28.2 Å². The molecule has 0 radical (unpaired) electrons. The third-order valence-electron chi connectivity index (χ3n) is 0.500. The summed E-state index contributed by atoms with van der Waals surface area (Å²) in [6.07, 6.45) is 0. The SMILES string of the molecule is CC[AsH]CC.Cl. The zero-order valence-corrected chi connectivity index (χ0v) is 7.24. The molecule has 0 nitrogen and oxygen atoms in total. The number of halogens is 1. The number of hydrogen-bond donors (Lipinski definition) is 0. The van der Waals surface area contributed by atoms with Crippen molar-refractivity contribution in [1.29, 1.82) is 0 Å². The van der Waals surface area contributed by atoms with Gasteiger partial charge in [0.1, 0.15) is 0 Å². The largest absolute Gasteiger partial charge is 0.147 e. The second kappa shape index (κ2) is 9.28. The summed E-state index contributed by atoms with van der Waals surface area (Å²) < 4.78 is 0. The minimum atomic E-state index is 0. The van der Waals surface area contributed by atoms with E-state index in [1.807, 2.05) is 0 Å². The van der Waals surface area contributed by atoms with E-state index < -0.39 is 0 Å². The molecule has 0 bridgehead atoms. The van der Waals surface area contributed by atoms with Crippen LogP contribution in [0.5, 0.6) is 0 Å². The maximum absolute atomic E-state index is 2.27. The van der Waals surface area contributed by atoms with E-state index in [0.29, 0.717) is 15.8 Å². The second-order valence-corrected chi connectivity index (χ2v) is 4.97. The molecule has 0 aromatic carbocycles. The van der Waals surface area contributed by atoms with Crippen LogP contribution in [0.2, 0.25) is 10.4 Å². The molecule has 2 heteroatoms. The molecule has 0 atom stereocenters.